The fraction of sp³-hybridized carbons (Fsp3) is 0. The van der Waals surface area contributed by atoms with Crippen LogP contribution >= 0.6 is 0 Å². The zero-order chi connectivity index (χ0) is 7.68. The maximum atomic E-state index is 3.94. The highest BCUT2D eigenvalue weighted by Gasteiger charge is 1.95. The predicted octanol–water partition coefficient (Wildman–Crippen LogP) is 1.60. The topological polar surface area (TPSA) is 41.6 Å². The molecule has 0 aliphatic carbocycles. The molecule has 2 rings (SSSR count). The normalized spacial score (nSPS) is 10.2. The van der Waals surface area contributed by atoms with E-state index in [-0.39, 0.29) is 0 Å². The summed E-state index contributed by atoms with van der Waals surface area (Å²) >= 11 is 0. The van der Waals surface area contributed by atoms with E-state index in [1.165, 1.54) is 0 Å². The number of hydrogen-bond acceptors (Lipinski definition) is 2. The van der Waals surface area contributed by atoms with Gasteiger partial charge in [-0.25, -0.2) is 0 Å². The van der Waals surface area contributed by atoms with Gasteiger partial charge in [-0.3, -0.25) is 0 Å². The molecule has 1 heterocycles. The Morgan fingerprint density at radius 1 is 1.27 bits per heavy atom. The van der Waals surface area contributed by atoms with Crippen LogP contribution in [0.25, 0.3) is 17.1 Å². The van der Waals surface area contributed by atoms with E-state index in [4.69, 9.17) is 0 Å². The highest BCUT2D eigenvalue weighted by Crippen LogP contribution is 2.10. The van der Waals surface area contributed by atoms with Crippen LogP contribution in [0, 0.1) is 0 Å². The molecule has 2 aromatic rings. The largest absolute Gasteiger partial charge is 0.197 e. The quantitative estimate of drug-likeness (QED) is 0.662. The van der Waals surface area contributed by atoms with Gasteiger partial charge in [0.15, 0.2) is 0 Å². The van der Waals surface area contributed by atoms with Gasteiger partial charge >= 0.3 is 0 Å². The number of nitrogens with zero attached hydrogens (tertiary/aromatic N) is 2. The number of nitrogens with one attached hydrogen (secondary N) is 1. The Balaban J connectivity index is 2.76. The summed E-state index contributed by atoms with van der Waals surface area (Å²) in [7, 11) is 0. The van der Waals surface area contributed by atoms with E-state index in [9.17, 15) is 0 Å². The molecule has 0 spiro atoms. The molecule has 0 aliphatic heterocycles. The van der Waals surface area contributed by atoms with Gasteiger partial charge in [0.25, 0.3) is 0 Å². The van der Waals surface area contributed by atoms with Crippen molar-refractivity contribution in [3.05, 3.63) is 30.3 Å². The van der Waals surface area contributed by atoms with Crippen molar-refractivity contribution < 1.29 is 0 Å². The van der Waals surface area contributed by atoms with E-state index >= 15 is 0 Å². The summed E-state index contributed by atoms with van der Waals surface area (Å²) in [6.07, 6.45) is 1.79. The van der Waals surface area contributed by atoms with E-state index in [1.807, 2.05) is 18.2 Å². The maximum Gasteiger partial charge on any atom is 0.113 e. The van der Waals surface area contributed by atoms with E-state index in [0.29, 0.717) is 0 Å². The van der Waals surface area contributed by atoms with Crippen LogP contribution in [-0.2, 0) is 0 Å². The summed E-state index contributed by atoms with van der Waals surface area (Å²) in [4.78, 5) is 0. The fourth-order valence-corrected chi connectivity index (χ4v) is 0.984. The molecule has 0 saturated carbocycles. The van der Waals surface area contributed by atoms with Crippen molar-refractivity contribution in [2.45, 2.75) is 0 Å². The zero-order valence-electron chi connectivity index (χ0n) is 5.91. The third-order valence-electron chi connectivity index (χ3n) is 1.58. The van der Waals surface area contributed by atoms with Crippen LogP contribution in [0.5, 0.6) is 0 Å². The molecule has 11 heavy (non-hydrogen) atoms. The molecule has 0 aliphatic rings. The van der Waals surface area contributed by atoms with Gasteiger partial charge in [-0.05, 0) is 17.7 Å². The van der Waals surface area contributed by atoms with Crippen LogP contribution in [0.15, 0.2) is 24.8 Å². The molecule has 3 heteroatoms. The molecule has 0 atom stereocenters. The van der Waals surface area contributed by atoms with Gasteiger partial charge in [0.1, 0.15) is 11.0 Å². The Morgan fingerprint density at radius 2 is 2.09 bits per heavy atom. The molecule has 1 N–H and O–H groups in total. The lowest BCUT2D eigenvalue weighted by Crippen LogP contribution is -1.71. The summed E-state index contributed by atoms with van der Waals surface area (Å²) in [6, 6.07) is 5.81. The smallest absolute Gasteiger partial charge is 0.113 e. The molecule has 0 bridgehead atoms. The highest BCUT2D eigenvalue weighted by atomic mass is 15.3. The molecule has 1 aromatic carbocycles. The Morgan fingerprint density at radius 3 is 2.91 bits per heavy atom. The molecule has 54 valence electrons. The summed E-state index contributed by atoms with van der Waals surface area (Å²) in [5.74, 6) is 0. The second-order valence-electron chi connectivity index (χ2n) is 2.28. The molecule has 0 fully saturated rings. The van der Waals surface area contributed by atoms with Gasteiger partial charge in [0.2, 0.25) is 0 Å². The molecule has 1 aromatic heterocycles. The first-order chi connectivity index (χ1) is 5.40. The first kappa shape index (κ1) is 6.09. The Kier molecular flexibility index (Phi) is 1.22. The van der Waals surface area contributed by atoms with Gasteiger partial charge in [0, 0.05) is 0 Å². The van der Waals surface area contributed by atoms with E-state index < -0.39 is 0 Å². The predicted molar refractivity (Wildman–Crippen MR) is 44.0 cm³/mol. The first-order valence-corrected chi connectivity index (χ1v) is 3.33. The van der Waals surface area contributed by atoms with Gasteiger partial charge in [-0.2, -0.15) is 15.4 Å². The van der Waals surface area contributed by atoms with Crippen molar-refractivity contribution in [3.63, 3.8) is 0 Å². The minimum absolute atomic E-state index is 0.877. The van der Waals surface area contributed by atoms with Crippen molar-refractivity contribution >= 4 is 17.1 Å². The monoisotopic (exact) mass is 145 g/mol. The third kappa shape index (κ3) is 0.902. The molecular weight excluding hydrogens is 138 g/mol. The molecule has 0 unspecified atom stereocenters. The number of rotatable bonds is 1. The van der Waals surface area contributed by atoms with E-state index in [2.05, 4.69) is 22.0 Å². The summed E-state index contributed by atoms with van der Waals surface area (Å²) in [5.41, 5.74) is 2.82. The van der Waals surface area contributed by atoms with Crippen molar-refractivity contribution in [2.75, 3.05) is 0 Å². The van der Waals surface area contributed by atoms with Gasteiger partial charge in [-0.15, -0.1) is 0 Å². The van der Waals surface area contributed by atoms with Crippen LogP contribution < -0.4 is 0 Å². The molecule has 0 saturated heterocycles. The van der Waals surface area contributed by atoms with Crippen LogP contribution in [0.1, 0.15) is 5.56 Å². The van der Waals surface area contributed by atoms with Gasteiger partial charge in [0.05, 0.1) is 0 Å². The van der Waals surface area contributed by atoms with Gasteiger partial charge < -0.3 is 0 Å². The lowest BCUT2D eigenvalue weighted by molar-refractivity contribution is 0.959. The lowest BCUT2D eigenvalue weighted by atomic mass is 10.2. The second-order valence-corrected chi connectivity index (χ2v) is 2.28. The van der Waals surface area contributed by atoms with Crippen molar-refractivity contribution in [1.29, 1.82) is 0 Å². The number of aromatic amines is 1. The Labute approximate surface area is 63.7 Å². The average Bonchev–Trinajstić information content (AvgIpc) is 2.50. The van der Waals surface area contributed by atoms with Crippen LogP contribution in [-0.4, -0.2) is 15.4 Å². The summed E-state index contributed by atoms with van der Waals surface area (Å²) in [5, 5.41) is 10.4. The number of aromatic nitrogens is 3. The van der Waals surface area contributed by atoms with Crippen LogP contribution in [0.4, 0.5) is 0 Å². The zero-order valence-corrected chi connectivity index (χ0v) is 5.91. The summed E-state index contributed by atoms with van der Waals surface area (Å²) < 4.78 is 0. The van der Waals surface area contributed by atoms with Crippen molar-refractivity contribution in [3.8, 4) is 0 Å². The van der Waals surface area contributed by atoms with E-state index in [1.54, 1.807) is 6.08 Å². The highest BCUT2D eigenvalue weighted by molar-refractivity contribution is 5.76. The Bertz CT molecular complexity index is 389. The van der Waals surface area contributed by atoms with Gasteiger partial charge in [-0.1, -0.05) is 18.7 Å². The van der Waals surface area contributed by atoms with Crippen molar-refractivity contribution in [2.24, 2.45) is 0 Å². The summed E-state index contributed by atoms with van der Waals surface area (Å²) in [6.45, 7) is 3.66. The second kappa shape index (κ2) is 2.20. The third-order valence-corrected chi connectivity index (χ3v) is 1.58. The van der Waals surface area contributed by atoms with Crippen LogP contribution in [0.3, 0.4) is 0 Å². The average molecular weight is 145 g/mol. The molecule has 0 amide bonds. The number of benzene rings is 1. The number of H-pyrrole nitrogens is 1. The fourth-order valence-electron chi connectivity index (χ4n) is 0.984. The standard InChI is InChI=1S/C8H7N3/c1-2-6-3-4-7-8(5-6)10-11-9-7/h2-5H,1H2,(H,9,10,11). The first-order valence-electron chi connectivity index (χ1n) is 3.33. The molecular formula is C8H7N3. The van der Waals surface area contributed by atoms with Crippen LogP contribution in [0.2, 0.25) is 0 Å². The number of fused-ring (bicyclic) bond motifs is 1. The number of hydrogen-bond donors (Lipinski definition) is 1. The molecule has 3 nitrogen and oxygen atoms in total. The molecule has 0 radical (unpaired) electrons. The van der Waals surface area contributed by atoms with E-state index in [0.717, 1.165) is 16.6 Å². The minimum Gasteiger partial charge on any atom is -0.197 e. The SMILES string of the molecule is C=Cc1ccc2n[nH]nc2c1. The Hall–Kier alpha value is -1.64. The minimum atomic E-state index is 0.877. The lowest BCUT2D eigenvalue weighted by Gasteiger charge is -1.88. The van der Waals surface area contributed by atoms with Crippen molar-refractivity contribution in [1.82, 2.24) is 15.4 Å². The maximum absolute atomic E-state index is 3.94.